The quantitative estimate of drug-likeness (QED) is 0.570. The summed E-state index contributed by atoms with van der Waals surface area (Å²) in [7, 11) is 3.64. The van der Waals surface area contributed by atoms with E-state index in [1.807, 2.05) is 0 Å². The summed E-state index contributed by atoms with van der Waals surface area (Å²) in [5.74, 6) is 0. The first-order valence-electron chi connectivity index (χ1n) is 7.90. The van der Waals surface area contributed by atoms with Gasteiger partial charge in [-0.1, -0.05) is 60.0 Å². The zero-order chi connectivity index (χ0) is 16.2. The molecule has 23 heavy (non-hydrogen) atoms. The van der Waals surface area contributed by atoms with Crippen LogP contribution in [0.25, 0.3) is 0 Å². The molecule has 1 radical (unpaired) electrons. The SMILES string of the molecule is C[C@H](C1=C=C=C=C1P(C1=C[CH]C=CC1)c1ccccc1)N(C)C. The second-order valence-electron chi connectivity index (χ2n) is 5.93. The van der Waals surface area contributed by atoms with Gasteiger partial charge in [0.1, 0.15) is 0 Å². The van der Waals surface area contributed by atoms with Crippen molar-refractivity contribution in [3.05, 3.63) is 88.4 Å². The summed E-state index contributed by atoms with van der Waals surface area (Å²) >= 11 is 0. The summed E-state index contributed by atoms with van der Waals surface area (Å²) in [4.78, 5) is 2.22. The van der Waals surface area contributed by atoms with Gasteiger partial charge in [0.2, 0.25) is 0 Å². The molecular formula is C21H21NP. The van der Waals surface area contributed by atoms with E-state index in [9.17, 15) is 0 Å². The van der Waals surface area contributed by atoms with E-state index in [2.05, 4.69) is 98.1 Å². The lowest BCUT2D eigenvalue weighted by molar-refractivity contribution is 0.355. The molecule has 0 bridgehead atoms. The number of hydrogen-bond acceptors (Lipinski definition) is 1. The average Bonchev–Trinajstić information content (AvgIpc) is 3.05. The van der Waals surface area contributed by atoms with Gasteiger partial charge in [0.25, 0.3) is 0 Å². The van der Waals surface area contributed by atoms with Crippen LogP contribution in [0.15, 0.2) is 82.0 Å². The molecule has 0 saturated heterocycles. The lowest BCUT2D eigenvalue weighted by Crippen LogP contribution is -2.27. The van der Waals surface area contributed by atoms with Crippen LogP contribution in [0, 0.1) is 6.42 Å². The van der Waals surface area contributed by atoms with Crippen LogP contribution in [0.3, 0.4) is 0 Å². The monoisotopic (exact) mass is 318 g/mol. The van der Waals surface area contributed by atoms with Gasteiger partial charge in [-0.25, -0.2) is 0 Å². The minimum Gasteiger partial charge on any atom is -0.302 e. The maximum absolute atomic E-state index is 3.38. The van der Waals surface area contributed by atoms with Gasteiger partial charge in [-0.15, -0.1) is 0 Å². The van der Waals surface area contributed by atoms with Crippen molar-refractivity contribution in [3.8, 4) is 0 Å². The third-order valence-corrected chi connectivity index (χ3v) is 6.73. The van der Waals surface area contributed by atoms with Crippen molar-refractivity contribution in [2.75, 3.05) is 14.1 Å². The predicted molar refractivity (Wildman–Crippen MR) is 99.9 cm³/mol. The van der Waals surface area contributed by atoms with Gasteiger partial charge in [-0.05, 0) is 51.7 Å². The fraction of sp³-hybridized carbons (Fsp3) is 0.238. The summed E-state index contributed by atoms with van der Waals surface area (Å²) in [6, 6.07) is 11.1. The fourth-order valence-corrected chi connectivity index (χ4v) is 5.23. The molecule has 0 N–H and O–H groups in total. The zero-order valence-corrected chi connectivity index (χ0v) is 14.8. The largest absolute Gasteiger partial charge is 0.302 e. The third-order valence-electron chi connectivity index (χ3n) is 4.21. The second-order valence-corrected chi connectivity index (χ2v) is 8.14. The maximum Gasteiger partial charge on any atom is 0.0482 e. The van der Waals surface area contributed by atoms with Crippen LogP contribution >= 0.6 is 7.92 Å². The van der Waals surface area contributed by atoms with Crippen molar-refractivity contribution in [1.29, 1.82) is 0 Å². The molecule has 0 amide bonds. The van der Waals surface area contributed by atoms with Crippen LogP contribution in [0.1, 0.15) is 13.3 Å². The molecule has 1 nitrogen and oxygen atoms in total. The summed E-state index contributed by atoms with van der Waals surface area (Å²) in [6.45, 7) is 2.22. The summed E-state index contributed by atoms with van der Waals surface area (Å²) in [5, 5.41) is 4.10. The van der Waals surface area contributed by atoms with Gasteiger partial charge in [0, 0.05) is 23.3 Å². The number of benzene rings is 1. The summed E-state index contributed by atoms with van der Waals surface area (Å²) in [6.07, 6.45) is 9.77. The Bertz CT molecular complexity index is 778. The van der Waals surface area contributed by atoms with E-state index in [4.69, 9.17) is 0 Å². The highest BCUT2D eigenvalue weighted by Gasteiger charge is 2.28. The Morgan fingerprint density at radius 1 is 1.13 bits per heavy atom. The van der Waals surface area contributed by atoms with Gasteiger partial charge < -0.3 is 4.90 Å². The van der Waals surface area contributed by atoms with Crippen molar-refractivity contribution in [1.82, 2.24) is 4.90 Å². The average molecular weight is 318 g/mol. The highest BCUT2D eigenvalue weighted by molar-refractivity contribution is 7.74. The van der Waals surface area contributed by atoms with Gasteiger partial charge >= 0.3 is 0 Å². The van der Waals surface area contributed by atoms with E-state index in [1.54, 1.807) is 0 Å². The Balaban J connectivity index is 2.02. The molecule has 1 aromatic carbocycles. The van der Waals surface area contributed by atoms with E-state index in [-0.39, 0.29) is 0 Å². The van der Waals surface area contributed by atoms with Crippen molar-refractivity contribution >= 4 is 13.2 Å². The molecule has 2 heteroatoms. The molecule has 0 aromatic heterocycles. The Labute approximate surface area is 140 Å². The highest BCUT2D eigenvalue weighted by Crippen LogP contribution is 2.56. The van der Waals surface area contributed by atoms with Gasteiger partial charge in [0.15, 0.2) is 0 Å². The minimum atomic E-state index is -0.576. The predicted octanol–water partition coefficient (Wildman–Crippen LogP) is 4.52. The molecule has 1 aromatic rings. The summed E-state index contributed by atoms with van der Waals surface area (Å²) < 4.78 is 0. The van der Waals surface area contributed by atoms with Crippen LogP contribution in [-0.2, 0) is 0 Å². The van der Waals surface area contributed by atoms with E-state index < -0.39 is 7.92 Å². The molecule has 2 atom stereocenters. The van der Waals surface area contributed by atoms with Crippen molar-refractivity contribution in [2.24, 2.45) is 0 Å². The third kappa shape index (κ3) is 3.41. The number of hydrogen-bond donors (Lipinski definition) is 0. The molecule has 0 aliphatic heterocycles. The fourth-order valence-electron chi connectivity index (χ4n) is 2.70. The normalized spacial score (nSPS) is 18.7. The van der Waals surface area contributed by atoms with E-state index >= 15 is 0 Å². The molecular weight excluding hydrogens is 297 g/mol. The Morgan fingerprint density at radius 2 is 1.91 bits per heavy atom. The highest BCUT2D eigenvalue weighted by atomic mass is 31.1. The number of likely N-dealkylation sites (N-methyl/N-ethyl adjacent to an activating group) is 1. The lowest BCUT2D eigenvalue weighted by atomic mass is 10.1. The molecule has 0 saturated carbocycles. The Morgan fingerprint density at radius 3 is 2.57 bits per heavy atom. The molecule has 115 valence electrons. The Kier molecular flexibility index (Phi) is 5.00. The number of allylic oxidation sites excluding steroid dienone is 4. The summed E-state index contributed by atoms with van der Waals surface area (Å²) in [5.41, 5.74) is 11.0. The van der Waals surface area contributed by atoms with Gasteiger partial charge in [0.05, 0.1) is 0 Å². The molecule has 0 heterocycles. The molecule has 3 rings (SSSR count). The Hall–Kier alpha value is -1.83. The van der Waals surface area contributed by atoms with Crippen molar-refractivity contribution in [2.45, 2.75) is 19.4 Å². The molecule has 0 fully saturated rings. The van der Waals surface area contributed by atoms with Crippen LogP contribution in [0.5, 0.6) is 0 Å². The van der Waals surface area contributed by atoms with Crippen LogP contribution < -0.4 is 5.30 Å². The second kappa shape index (κ2) is 7.16. The van der Waals surface area contributed by atoms with Crippen LogP contribution in [0.2, 0.25) is 0 Å². The maximum atomic E-state index is 3.38. The molecule has 0 spiro atoms. The van der Waals surface area contributed by atoms with Crippen molar-refractivity contribution in [3.63, 3.8) is 0 Å². The minimum absolute atomic E-state index is 0.310. The molecule has 2 aliphatic rings. The lowest BCUT2D eigenvalue weighted by Gasteiger charge is -2.28. The first-order valence-corrected chi connectivity index (χ1v) is 9.24. The topological polar surface area (TPSA) is 3.24 Å². The molecule has 2 aliphatic carbocycles. The van der Waals surface area contributed by atoms with Crippen LogP contribution in [0.4, 0.5) is 0 Å². The molecule has 1 unspecified atom stereocenters. The van der Waals surface area contributed by atoms with Gasteiger partial charge in [-0.2, -0.15) is 0 Å². The van der Waals surface area contributed by atoms with Crippen LogP contribution in [-0.4, -0.2) is 25.0 Å². The van der Waals surface area contributed by atoms with Crippen molar-refractivity contribution < 1.29 is 0 Å². The van der Waals surface area contributed by atoms with E-state index in [1.165, 1.54) is 21.5 Å². The number of nitrogens with zero attached hydrogens (tertiary/aromatic N) is 1. The standard InChI is InChI=1S/C21H21NP/c1-17(22(2)3)20-15-10-16-21(20)23(18-11-6-4-7-12-18)19-13-8-5-9-14-19/h4-9,11-13,17H,14H2,1-3H3/t17-,23?/m1/s1. The smallest absolute Gasteiger partial charge is 0.0482 e. The first kappa shape index (κ1) is 16.0. The zero-order valence-electron chi connectivity index (χ0n) is 13.9. The van der Waals surface area contributed by atoms with Gasteiger partial charge in [-0.3, -0.25) is 0 Å². The number of rotatable bonds is 5. The van der Waals surface area contributed by atoms with E-state index in [0.717, 1.165) is 6.42 Å². The first-order chi connectivity index (χ1) is 11.2. The van der Waals surface area contributed by atoms with E-state index in [0.29, 0.717) is 6.04 Å².